The van der Waals surface area contributed by atoms with Gasteiger partial charge in [0.1, 0.15) is 0 Å². The van der Waals surface area contributed by atoms with Crippen molar-refractivity contribution >= 4 is 23.0 Å². The Morgan fingerprint density at radius 2 is 2.12 bits per heavy atom. The summed E-state index contributed by atoms with van der Waals surface area (Å²) in [6, 6.07) is 4.10. The van der Waals surface area contributed by atoms with Crippen molar-refractivity contribution in [2.45, 2.75) is 0 Å². The largest absolute Gasteiger partial charge is 0.492 e. The van der Waals surface area contributed by atoms with Crippen LogP contribution in [-0.4, -0.2) is 39.2 Å². The van der Waals surface area contributed by atoms with Crippen molar-refractivity contribution in [3.05, 3.63) is 23.8 Å². The number of aromatic nitrogens is 2. The number of carboxylic acid groups (broad SMARTS) is 1. The van der Waals surface area contributed by atoms with Gasteiger partial charge in [-0.2, -0.15) is 4.68 Å². The molecular weight excluding hydrogens is 228 g/mol. The fourth-order valence-electron chi connectivity index (χ4n) is 1.49. The highest BCUT2D eigenvalue weighted by Gasteiger charge is 2.16. The highest BCUT2D eigenvalue weighted by molar-refractivity contribution is 5.98. The van der Waals surface area contributed by atoms with Crippen LogP contribution in [0.5, 0.6) is 5.88 Å². The number of hydrogen-bond donors (Lipinski definition) is 2. The van der Waals surface area contributed by atoms with Crippen molar-refractivity contribution in [1.82, 2.24) is 9.78 Å². The molecule has 7 nitrogen and oxygen atoms in total. The van der Waals surface area contributed by atoms with E-state index in [4.69, 9.17) is 5.11 Å². The summed E-state index contributed by atoms with van der Waals surface area (Å²) in [6.45, 7) is 0. The quantitative estimate of drug-likeness (QED) is 0.717. The number of benzene rings is 1. The van der Waals surface area contributed by atoms with Crippen molar-refractivity contribution in [2.75, 3.05) is 7.11 Å². The normalized spacial score (nSPS) is 10.4. The zero-order valence-corrected chi connectivity index (χ0v) is 8.75. The first-order valence-corrected chi connectivity index (χ1v) is 4.58. The van der Waals surface area contributed by atoms with Crippen LogP contribution < -0.4 is 0 Å². The van der Waals surface area contributed by atoms with E-state index in [1.165, 1.54) is 25.3 Å². The number of aromatic hydroxyl groups is 1. The first-order chi connectivity index (χ1) is 8.04. The fraction of sp³-hybridized carbons (Fsp3) is 0.100. The molecule has 0 aliphatic heterocycles. The van der Waals surface area contributed by atoms with E-state index in [2.05, 4.69) is 9.84 Å². The lowest BCUT2D eigenvalue weighted by Gasteiger charge is -1.99. The van der Waals surface area contributed by atoms with Gasteiger partial charge in [0.15, 0.2) is 0 Å². The van der Waals surface area contributed by atoms with Gasteiger partial charge in [0.05, 0.1) is 23.6 Å². The second-order valence-corrected chi connectivity index (χ2v) is 3.24. The lowest BCUT2D eigenvalue weighted by atomic mass is 10.1. The maximum absolute atomic E-state index is 11.3. The van der Waals surface area contributed by atoms with Crippen LogP contribution in [0.2, 0.25) is 0 Å². The van der Waals surface area contributed by atoms with Crippen molar-refractivity contribution < 1.29 is 24.5 Å². The van der Waals surface area contributed by atoms with Crippen LogP contribution in [0.4, 0.5) is 4.79 Å². The van der Waals surface area contributed by atoms with E-state index in [9.17, 15) is 14.7 Å². The Balaban J connectivity index is 2.67. The third kappa shape index (κ3) is 1.67. The molecule has 0 bridgehead atoms. The van der Waals surface area contributed by atoms with Crippen LogP contribution in [0.15, 0.2) is 18.2 Å². The molecule has 88 valence electrons. The van der Waals surface area contributed by atoms with Gasteiger partial charge in [-0.25, -0.2) is 9.59 Å². The third-order valence-electron chi connectivity index (χ3n) is 2.26. The number of fused-ring (bicyclic) bond motifs is 1. The zero-order valence-electron chi connectivity index (χ0n) is 8.75. The number of ether oxygens (including phenoxy) is 1. The molecule has 1 heterocycles. The average Bonchev–Trinajstić information content (AvgIpc) is 2.65. The van der Waals surface area contributed by atoms with Gasteiger partial charge in [-0.3, -0.25) is 0 Å². The summed E-state index contributed by atoms with van der Waals surface area (Å²) in [4.78, 5) is 22.1. The summed E-state index contributed by atoms with van der Waals surface area (Å²) >= 11 is 0. The summed E-state index contributed by atoms with van der Waals surface area (Å²) in [5.74, 6) is -1.03. The van der Waals surface area contributed by atoms with Crippen molar-refractivity contribution in [1.29, 1.82) is 0 Å². The minimum absolute atomic E-state index is 0.176. The minimum Gasteiger partial charge on any atom is -0.492 e. The highest BCUT2D eigenvalue weighted by atomic mass is 16.5. The Hall–Kier alpha value is -2.57. The van der Waals surface area contributed by atoms with E-state index in [1.54, 1.807) is 0 Å². The zero-order chi connectivity index (χ0) is 12.6. The molecule has 0 saturated carbocycles. The van der Waals surface area contributed by atoms with E-state index >= 15 is 0 Å². The van der Waals surface area contributed by atoms with Gasteiger partial charge < -0.3 is 14.9 Å². The number of hydrogen-bond acceptors (Lipinski definition) is 5. The maximum atomic E-state index is 11.3. The molecule has 0 fully saturated rings. The van der Waals surface area contributed by atoms with E-state index < -0.39 is 17.9 Å². The van der Waals surface area contributed by atoms with Crippen LogP contribution in [0.3, 0.4) is 0 Å². The van der Waals surface area contributed by atoms with Crippen molar-refractivity contribution in [3.63, 3.8) is 0 Å². The summed E-state index contributed by atoms with van der Waals surface area (Å²) in [5.41, 5.74) is 0.405. The topological polar surface area (TPSA) is 102 Å². The van der Waals surface area contributed by atoms with Gasteiger partial charge >= 0.3 is 12.1 Å². The smallest absolute Gasteiger partial charge is 0.432 e. The van der Waals surface area contributed by atoms with Gasteiger partial charge in [0.2, 0.25) is 5.88 Å². The van der Waals surface area contributed by atoms with E-state index in [-0.39, 0.29) is 16.5 Å². The summed E-state index contributed by atoms with van der Waals surface area (Å²) < 4.78 is 5.15. The minimum atomic E-state index is -1.32. The molecule has 1 aromatic heterocycles. The maximum Gasteiger partial charge on any atom is 0.432 e. The second kappa shape index (κ2) is 3.78. The van der Waals surface area contributed by atoms with Gasteiger partial charge in [-0.1, -0.05) is 0 Å². The fourth-order valence-corrected chi connectivity index (χ4v) is 1.49. The Bertz CT molecular complexity index is 616. The predicted molar refractivity (Wildman–Crippen MR) is 56.2 cm³/mol. The highest BCUT2D eigenvalue weighted by Crippen LogP contribution is 2.25. The molecule has 0 aliphatic carbocycles. The van der Waals surface area contributed by atoms with E-state index in [0.29, 0.717) is 4.68 Å². The number of methoxy groups -OCH3 is 1. The summed E-state index contributed by atoms with van der Waals surface area (Å²) in [5, 5.41) is 21.9. The molecule has 2 aromatic rings. The standard InChI is InChI=1S/C10H8N2O5/c1-17-9(14)5-2-3-7-6(4-5)8(13)11-12(7)10(15)16/h2-4H,1H3,(H,11,13)(H,15,16). The molecule has 2 N–H and O–H groups in total. The molecular formula is C10H8N2O5. The Morgan fingerprint density at radius 1 is 1.41 bits per heavy atom. The molecule has 0 saturated heterocycles. The van der Waals surface area contributed by atoms with Gasteiger partial charge in [0, 0.05) is 0 Å². The number of rotatable bonds is 1. The second-order valence-electron chi connectivity index (χ2n) is 3.24. The van der Waals surface area contributed by atoms with Crippen LogP contribution in [-0.2, 0) is 4.74 Å². The molecule has 0 amide bonds. The average molecular weight is 236 g/mol. The first kappa shape index (κ1) is 10.9. The Kier molecular flexibility index (Phi) is 2.43. The van der Waals surface area contributed by atoms with Crippen LogP contribution in [0.25, 0.3) is 10.9 Å². The lowest BCUT2D eigenvalue weighted by molar-refractivity contribution is 0.0601. The molecule has 0 radical (unpaired) electrons. The number of esters is 1. The lowest BCUT2D eigenvalue weighted by Crippen LogP contribution is -2.09. The molecule has 0 spiro atoms. The predicted octanol–water partition coefficient (Wildman–Crippen LogP) is 1.05. The SMILES string of the molecule is COC(=O)c1ccc2c(c1)c(O)nn2C(=O)O. The number of nitrogens with zero attached hydrogens (tertiary/aromatic N) is 2. The van der Waals surface area contributed by atoms with Crippen LogP contribution in [0, 0.1) is 0 Å². The van der Waals surface area contributed by atoms with Crippen molar-refractivity contribution in [2.24, 2.45) is 0 Å². The third-order valence-corrected chi connectivity index (χ3v) is 2.26. The Morgan fingerprint density at radius 3 is 2.71 bits per heavy atom. The number of carbonyl (C=O) groups excluding carboxylic acids is 1. The van der Waals surface area contributed by atoms with Gasteiger partial charge in [0.25, 0.3) is 0 Å². The van der Waals surface area contributed by atoms with Gasteiger partial charge in [-0.05, 0) is 18.2 Å². The summed E-state index contributed by atoms with van der Waals surface area (Å²) in [6.07, 6.45) is -1.32. The molecule has 0 unspecified atom stereocenters. The van der Waals surface area contributed by atoms with Crippen LogP contribution >= 0.6 is 0 Å². The first-order valence-electron chi connectivity index (χ1n) is 4.58. The summed E-state index contributed by atoms with van der Waals surface area (Å²) in [7, 11) is 1.23. The molecule has 1 aromatic carbocycles. The van der Waals surface area contributed by atoms with Crippen molar-refractivity contribution in [3.8, 4) is 5.88 Å². The number of carbonyl (C=O) groups is 2. The van der Waals surface area contributed by atoms with E-state index in [0.717, 1.165) is 0 Å². The molecule has 17 heavy (non-hydrogen) atoms. The van der Waals surface area contributed by atoms with E-state index in [1.807, 2.05) is 0 Å². The monoisotopic (exact) mass is 236 g/mol. The molecule has 0 atom stereocenters. The van der Waals surface area contributed by atoms with Crippen LogP contribution in [0.1, 0.15) is 10.4 Å². The molecule has 0 aliphatic rings. The molecule has 7 heteroatoms. The molecule has 2 rings (SSSR count). The van der Waals surface area contributed by atoms with Gasteiger partial charge in [-0.15, -0.1) is 5.10 Å². The Labute approximate surface area is 94.8 Å².